The monoisotopic (exact) mass is 442 g/mol. The number of rotatable bonds is 9. The second-order valence-corrected chi connectivity index (χ2v) is 8.69. The van der Waals surface area contributed by atoms with Crippen molar-refractivity contribution in [2.45, 2.75) is 71.1 Å². The van der Waals surface area contributed by atoms with Gasteiger partial charge in [0, 0.05) is 22.7 Å². The third kappa shape index (κ3) is 5.28. The van der Waals surface area contributed by atoms with Gasteiger partial charge in [-0.25, -0.2) is 5.06 Å². The molecule has 1 heterocycles. The summed E-state index contributed by atoms with van der Waals surface area (Å²) in [4.78, 5) is 32.4. The number of Topliss-reactive ketones (excluding diaryl/α,β-unsaturated/α-hetero) is 1. The molecular weight excluding hydrogens is 412 g/mol. The summed E-state index contributed by atoms with van der Waals surface area (Å²) in [6.07, 6.45) is 3.17. The number of hydrogen-bond donors (Lipinski definition) is 1. The van der Waals surface area contributed by atoms with Gasteiger partial charge < -0.3 is 5.32 Å². The van der Waals surface area contributed by atoms with Gasteiger partial charge in [-0.15, -0.1) is 0 Å². The van der Waals surface area contributed by atoms with Gasteiger partial charge in [0.15, 0.2) is 0 Å². The van der Waals surface area contributed by atoms with Gasteiger partial charge in [-0.05, 0) is 43.5 Å². The van der Waals surface area contributed by atoms with E-state index in [0.717, 1.165) is 29.7 Å². The van der Waals surface area contributed by atoms with E-state index in [0.29, 0.717) is 17.9 Å². The molecule has 1 aliphatic rings. The first-order valence-electron chi connectivity index (χ1n) is 11.0. The predicted molar refractivity (Wildman–Crippen MR) is 124 cm³/mol. The molecule has 31 heavy (non-hydrogen) atoms. The molecule has 0 fully saturated rings. The zero-order valence-electron chi connectivity index (χ0n) is 18.5. The molecule has 0 radical (unpaired) electrons. The van der Waals surface area contributed by atoms with Crippen molar-refractivity contribution in [2.24, 2.45) is 0 Å². The Hall–Kier alpha value is -2.37. The lowest BCUT2D eigenvalue weighted by atomic mass is 9.87. The van der Waals surface area contributed by atoms with Crippen LogP contribution < -0.4 is 5.32 Å². The lowest BCUT2D eigenvalue weighted by molar-refractivity contribution is -0.212. The SMILES string of the molecule is CCCC1(CCC)Nc2ccc(Cl)cc2[C@@H](CC(C)=O)N(OCc2ccccc2)C1=O. The van der Waals surface area contributed by atoms with E-state index in [4.69, 9.17) is 16.4 Å². The highest BCUT2D eigenvalue weighted by molar-refractivity contribution is 6.30. The third-order valence-corrected chi connectivity index (χ3v) is 5.92. The summed E-state index contributed by atoms with van der Waals surface area (Å²) < 4.78 is 0. The minimum absolute atomic E-state index is 0.0180. The second kappa shape index (κ2) is 10.3. The van der Waals surface area contributed by atoms with Crippen LogP contribution in [0.3, 0.4) is 0 Å². The summed E-state index contributed by atoms with van der Waals surface area (Å²) in [6.45, 7) is 5.92. The average Bonchev–Trinajstić information content (AvgIpc) is 2.82. The number of ketones is 1. The van der Waals surface area contributed by atoms with Gasteiger partial charge in [0.25, 0.3) is 5.91 Å². The third-order valence-electron chi connectivity index (χ3n) is 5.69. The van der Waals surface area contributed by atoms with Gasteiger partial charge in [-0.3, -0.25) is 14.4 Å². The Kier molecular flexibility index (Phi) is 7.74. The van der Waals surface area contributed by atoms with E-state index in [-0.39, 0.29) is 24.7 Å². The predicted octanol–water partition coefficient (Wildman–Crippen LogP) is 6.09. The van der Waals surface area contributed by atoms with Crippen LogP contribution in [0.25, 0.3) is 0 Å². The Morgan fingerprint density at radius 1 is 1.13 bits per heavy atom. The summed E-state index contributed by atoms with van der Waals surface area (Å²) in [5, 5.41) is 5.54. The zero-order valence-corrected chi connectivity index (χ0v) is 19.2. The zero-order chi connectivity index (χ0) is 22.4. The number of halogens is 1. The first-order valence-corrected chi connectivity index (χ1v) is 11.4. The molecule has 0 spiro atoms. The van der Waals surface area contributed by atoms with Crippen molar-refractivity contribution in [1.29, 1.82) is 0 Å². The summed E-state index contributed by atoms with van der Waals surface area (Å²) in [7, 11) is 0. The number of nitrogens with one attached hydrogen (secondary N) is 1. The second-order valence-electron chi connectivity index (χ2n) is 8.25. The van der Waals surface area contributed by atoms with Crippen LogP contribution in [-0.4, -0.2) is 22.3 Å². The van der Waals surface area contributed by atoms with E-state index in [1.54, 1.807) is 0 Å². The summed E-state index contributed by atoms with van der Waals surface area (Å²) >= 11 is 6.33. The van der Waals surface area contributed by atoms with E-state index in [1.807, 2.05) is 48.5 Å². The highest BCUT2D eigenvalue weighted by Gasteiger charge is 2.46. The molecule has 0 bridgehead atoms. The molecule has 1 atom stereocenters. The Bertz CT molecular complexity index is 910. The van der Waals surface area contributed by atoms with Gasteiger partial charge in [0.1, 0.15) is 17.9 Å². The van der Waals surface area contributed by atoms with Crippen LogP contribution in [0.1, 0.15) is 70.0 Å². The molecule has 1 N–H and O–H groups in total. The molecule has 0 saturated heterocycles. The molecule has 0 saturated carbocycles. The lowest BCUT2D eigenvalue weighted by Gasteiger charge is -2.37. The summed E-state index contributed by atoms with van der Waals surface area (Å²) in [6, 6.07) is 14.7. The number of carbonyl (C=O) groups is 2. The van der Waals surface area contributed by atoms with Crippen LogP contribution in [0.5, 0.6) is 0 Å². The Morgan fingerprint density at radius 3 is 2.42 bits per heavy atom. The highest BCUT2D eigenvalue weighted by Crippen LogP contribution is 2.42. The van der Waals surface area contributed by atoms with Gasteiger partial charge in [-0.2, -0.15) is 0 Å². The van der Waals surface area contributed by atoms with Crippen molar-refractivity contribution < 1.29 is 14.4 Å². The van der Waals surface area contributed by atoms with Crippen LogP contribution >= 0.6 is 11.6 Å². The van der Waals surface area contributed by atoms with Crippen LogP contribution in [0.15, 0.2) is 48.5 Å². The van der Waals surface area contributed by atoms with Crippen LogP contribution in [0.2, 0.25) is 5.02 Å². The highest BCUT2D eigenvalue weighted by atomic mass is 35.5. The molecule has 1 aliphatic heterocycles. The van der Waals surface area contributed by atoms with Crippen molar-refractivity contribution in [1.82, 2.24) is 5.06 Å². The molecule has 2 aromatic carbocycles. The number of nitrogens with zero attached hydrogens (tertiary/aromatic N) is 1. The molecular formula is C25H31ClN2O3. The van der Waals surface area contributed by atoms with Crippen LogP contribution in [-0.2, 0) is 21.0 Å². The fraction of sp³-hybridized carbons (Fsp3) is 0.440. The van der Waals surface area contributed by atoms with Gasteiger partial charge in [0.2, 0.25) is 0 Å². The number of fused-ring (bicyclic) bond motifs is 1. The van der Waals surface area contributed by atoms with Gasteiger partial charge in [-0.1, -0.05) is 68.6 Å². The van der Waals surface area contributed by atoms with E-state index in [1.165, 1.54) is 12.0 Å². The molecule has 3 rings (SSSR count). The maximum Gasteiger partial charge on any atom is 0.272 e. The van der Waals surface area contributed by atoms with Gasteiger partial charge in [0.05, 0.1) is 6.04 Å². The molecule has 2 aromatic rings. The molecule has 0 unspecified atom stereocenters. The lowest BCUT2D eigenvalue weighted by Crippen LogP contribution is -2.53. The number of hydrogen-bond acceptors (Lipinski definition) is 4. The first-order chi connectivity index (χ1) is 14.9. The molecule has 1 amide bonds. The topological polar surface area (TPSA) is 58.6 Å². The molecule has 6 heteroatoms. The van der Waals surface area contributed by atoms with Crippen molar-refractivity contribution >= 4 is 29.0 Å². The van der Waals surface area contributed by atoms with E-state index >= 15 is 0 Å². The average molecular weight is 443 g/mol. The number of amides is 1. The number of anilines is 1. The fourth-order valence-electron chi connectivity index (χ4n) is 4.36. The maximum absolute atomic E-state index is 14.0. The van der Waals surface area contributed by atoms with E-state index in [2.05, 4.69) is 19.2 Å². The minimum Gasteiger partial charge on any atom is -0.371 e. The smallest absolute Gasteiger partial charge is 0.272 e. The Morgan fingerprint density at radius 2 is 1.81 bits per heavy atom. The van der Waals surface area contributed by atoms with Crippen molar-refractivity contribution in [2.75, 3.05) is 5.32 Å². The normalized spacial score (nSPS) is 17.6. The standard InChI is InChI=1S/C25H31ClN2O3/c1-4-13-25(14-5-2)24(30)28(31-17-19-9-7-6-8-10-19)23(15-18(3)29)21-16-20(26)11-12-22(21)27-25/h6-12,16,23,27H,4-5,13-15,17H2,1-3H3/t23-/m1/s1. The first kappa shape index (κ1) is 23.3. The van der Waals surface area contributed by atoms with E-state index in [9.17, 15) is 9.59 Å². The largest absolute Gasteiger partial charge is 0.371 e. The Labute approximate surface area is 189 Å². The Balaban J connectivity index is 2.10. The van der Waals surface area contributed by atoms with Crippen LogP contribution in [0, 0.1) is 0 Å². The minimum atomic E-state index is -0.797. The summed E-state index contributed by atoms with van der Waals surface area (Å²) in [5.74, 6) is -0.152. The summed E-state index contributed by atoms with van der Waals surface area (Å²) in [5.41, 5.74) is 1.79. The quantitative estimate of drug-likeness (QED) is 0.510. The van der Waals surface area contributed by atoms with E-state index < -0.39 is 11.6 Å². The van der Waals surface area contributed by atoms with Crippen molar-refractivity contribution in [3.05, 3.63) is 64.7 Å². The molecule has 0 aliphatic carbocycles. The number of carbonyl (C=O) groups excluding carboxylic acids is 2. The van der Waals surface area contributed by atoms with Crippen molar-refractivity contribution in [3.63, 3.8) is 0 Å². The number of hydroxylamine groups is 2. The molecule has 166 valence electrons. The molecule has 5 nitrogen and oxygen atoms in total. The van der Waals surface area contributed by atoms with Crippen molar-refractivity contribution in [3.8, 4) is 0 Å². The van der Waals surface area contributed by atoms with Gasteiger partial charge >= 0.3 is 0 Å². The molecule has 0 aromatic heterocycles. The maximum atomic E-state index is 14.0. The number of benzene rings is 2. The van der Waals surface area contributed by atoms with Crippen LogP contribution in [0.4, 0.5) is 5.69 Å². The fourth-order valence-corrected chi connectivity index (χ4v) is 4.54.